The molecule has 0 fully saturated rings. The van der Waals surface area contributed by atoms with E-state index >= 15 is 0 Å². The molecular formula is C6H4BFO. The normalized spacial score (nSPS) is 9.00. The molecule has 0 saturated heterocycles. The Labute approximate surface area is 53.9 Å². The number of hydrogen-bond acceptors (Lipinski definition) is 1. The third kappa shape index (κ3) is 1.45. The molecule has 0 spiro atoms. The Hall–Kier alpha value is -0.985. The molecule has 0 N–H and O–H groups in total. The predicted molar refractivity (Wildman–Crippen MR) is 32.8 cm³/mol. The van der Waals surface area contributed by atoms with E-state index in [1.165, 1.54) is 18.2 Å². The molecule has 0 aliphatic carbocycles. The monoisotopic (exact) mass is 122 g/mol. The first-order valence-corrected chi connectivity index (χ1v) is 2.45. The van der Waals surface area contributed by atoms with Crippen LogP contribution in [0.15, 0.2) is 24.3 Å². The van der Waals surface area contributed by atoms with Crippen molar-refractivity contribution in [2.75, 3.05) is 0 Å². The fraction of sp³-hybridized carbons (Fsp3) is 0. The Balaban J connectivity index is 2.94. The van der Waals surface area contributed by atoms with Crippen molar-refractivity contribution < 1.29 is 9.04 Å². The maximum Gasteiger partial charge on any atom is 0.374 e. The third-order valence-corrected chi connectivity index (χ3v) is 0.932. The zero-order chi connectivity index (χ0) is 6.69. The summed E-state index contributed by atoms with van der Waals surface area (Å²) in [6, 6.07) is 5.63. The Morgan fingerprint density at radius 2 is 2.22 bits per heavy atom. The van der Waals surface area contributed by atoms with Crippen LogP contribution in [0.2, 0.25) is 0 Å². The summed E-state index contributed by atoms with van der Waals surface area (Å²) in [5.74, 6) is -0.0204. The Kier molecular flexibility index (Phi) is 1.73. The van der Waals surface area contributed by atoms with Crippen molar-refractivity contribution in [3.05, 3.63) is 30.1 Å². The van der Waals surface area contributed by atoms with Crippen LogP contribution in [0, 0.1) is 5.82 Å². The first-order chi connectivity index (χ1) is 4.33. The maximum atomic E-state index is 12.2. The average molecular weight is 122 g/mol. The summed E-state index contributed by atoms with van der Waals surface area (Å²) in [6.07, 6.45) is 0. The zero-order valence-electron chi connectivity index (χ0n) is 4.67. The van der Waals surface area contributed by atoms with Gasteiger partial charge in [0.25, 0.3) is 0 Å². The van der Waals surface area contributed by atoms with Gasteiger partial charge in [0.1, 0.15) is 11.6 Å². The van der Waals surface area contributed by atoms with Crippen molar-refractivity contribution >= 4 is 8.05 Å². The van der Waals surface area contributed by atoms with Crippen molar-refractivity contribution in [3.63, 3.8) is 0 Å². The molecule has 0 aromatic heterocycles. The van der Waals surface area contributed by atoms with E-state index in [0.29, 0.717) is 5.75 Å². The molecule has 3 heteroatoms. The molecule has 0 saturated carbocycles. The smallest absolute Gasteiger partial charge is 0.374 e. The third-order valence-electron chi connectivity index (χ3n) is 0.932. The van der Waals surface area contributed by atoms with Gasteiger partial charge >= 0.3 is 8.05 Å². The molecule has 2 radical (unpaired) electrons. The van der Waals surface area contributed by atoms with Crippen molar-refractivity contribution in [2.24, 2.45) is 0 Å². The largest absolute Gasteiger partial charge is 0.568 e. The highest BCUT2D eigenvalue weighted by Gasteiger charge is 1.89. The van der Waals surface area contributed by atoms with Crippen LogP contribution in [-0.4, -0.2) is 8.05 Å². The van der Waals surface area contributed by atoms with Gasteiger partial charge in [0.05, 0.1) is 0 Å². The number of halogens is 1. The Bertz CT molecular complexity index is 202. The van der Waals surface area contributed by atoms with E-state index in [0.717, 1.165) is 0 Å². The van der Waals surface area contributed by atoms with Gasteiger partial charge in [0.15, 0.2) is 0 Å². The fourth-order valence-corrected chi connectivity index (χ4v) is 0.540. The lowest BCUT2D eigenvalue weighted by Gasteiger charge is -1.96. The molecule has 0 amide bonds. The van der Waals surface area contributed by atoms with Crippen molar-refractivity contribution in [1.82, 2.24) is 0 Å². The summed E-state index contributed by atoms with van der Waals surface area (Å²) < 4.78 is 16.5. The van der Waals surface area contributed by atoms with Gasteiger partial charge in [-0.3, -0.25) is 0 Å². The van der Waals surface area contributed by atoms with Crippen LogP contribution in [0.1, 0.15) is 0 Å². The molecule has 0 bridgehead atoms. The Morgan fingerprint density at radius 3 is 2.67 bits per heavy atom. The van der Waals surface area contributed by atoms with Crippen LogP contribution in [-0.2, 0) is 0 Å². The summed E-state index contributed by atoms with van der Waals surface area (Å²) in [4.78, 5) is 0. The van der Waals surface area contributed by atoms with Crippen LogP contribution < -0.4 is 4.65 Å². The summed E-state index contributed by atoms with van der Waals surface area (Å²) in [5.41, 5.74) is 0. The first-order valence-electron chi connectivity index (χ1n) is 2.45. The highest BCUT2D eigenvalue weighted by molar-refractivity contribution is 5.99. The van der Waals surface area contributed by atoms with Crippen LogP contribution >= 0.6 is 0 Å². The summed E-state index contributed by atoms with van der Waals surface area (Å²) in [6.45, 7) is 0. The lowest BCUT2D eigenvalue weighted by molar-refractivity contribution is 0.586. The van der Waals surface area contributed by atoms with E-state index < -0.39 is 0 Å². The van der Waals surface area contributed by atoms with Gasteiger partial charge < -0.3 is 4.65 Å². The molecular weight excluding hydrogens is 118 g/mol. The quantitative estimate of drug-likeness (QED) is 0.510. The standard InChI is InChI=1S/C6H4BFO/c7-9-6-3-1-2-5(8)4-6/h1-4H. The van der Waals surface area contributed by atoms with Crippen molar-refractivity contribution in [2.45, 2.75) is 0 Å². The highest BCUT2D eigenvalue weighted by Crippen LogP contribution is 2.09. The second-order valence-electron chi connectivity index (χ2n) is 1.58. The minimum atomic E-state index is -0.349. The van der Waals surface area contributed by atoms with Crippen LogP contribution in [0.5, 0.6) is 5.75 Å². The van der Waals surface area contributed by atoms with Crippen LogP contribution in [0.4, 0.5) is 4.39 Å². The van der Waals surface area contributed by atoms with E-state index in [4.69, 9.17) is 8.05 Å². The molecule has 44 valence electrons. The lowest BCUT2D eigenvalue weighted by Crippen LogP contribution is -1.84. The van der Waals surface area contributed by atoms with Crippen molar-refractivity contribution in [1.29, 1.82) is 0 Å². The summed E-state index contributed by atoms with van der Waals surface area (Å²) in [5, 5.41) is 0. The topological polar surface area (TPSA) is 9.23 Å². The van der Waals surface area contributed by atoms with Gasteiger partial charge in [-0.2, -0.15) is 0 Å². The summed E-state index contributed by atoms with van der Waals surface area (Å²) >= 11 is 0. The Morgan fingerprint density at radius 1 is 1.44 bits per heavy atom. The van der Waals surface area contributed by atoms with Gasteiger partial charge in [0.2, 0.25) is 0 Å². The van der Waals surface area contributed by atoms with Gasteiger partial charge in [-0.05, 0) is 12.1 Å². The molecule has 1 nitrogen and oxygen atoms in total. The molecule has 1 rings (SSSR count). The molecule has 0 atom stereocenters. The molecule has 1 aromatic carbocycles. The van der Waals surface area contributed by atoms with Gasteiger partial charge in [-0.15, -0.1) is 0 Å². The van der Waals surface area contributed by atoms with Crippen LogP contribution in [0.25, 0.3) is 0 Å². The lowest BCUT2D eigenvalue weighted by atomic mass is 10.3. The SMILES string of the molecule is [B]Oc1cccc(F)c1. The van der Waals surface area contributed by atoms with E-state index in [1.807, 2.05) is 0 Å². The van der Waals surface area contributed by atoms with E-state index in [1.54, 1.807) is 6.07 Å². The molecule has 0 aliphatic rings. The molecule has 0 heterocycles. The van der Waals surface area contributed by atoms with Crippen molar-refractivity contribution in [3.8, 4) is 5.75 Å². The first kappa shape index (κ1) is 6.14. The highest BCUT2D eigenvalue weighted by atomic mass is 19.1. The van der Waals surface area contributed by atoms with E-state index in [-0.39, 0.29) is 5.82 Å². The maximum absolute atomic E-state index is 12.2. The number of hydrogen-bond donors (Lipinski definition) is 0. The van der Waals surface area contributed by atoms with E-state index in [9.17, 15) is 4.39 Å². The fourth-order valence-electron chi connectivity index (χ4n) is 0.540. The van der Waals surface area contributed by atoms with Crippen LogP contribution in [0.3, 0.4) is 0 Å². The minimum Gasteiger partial charge on any atom is -0.568 e. The second kappa shape index (κ2) is 2.53. The molecule has 9 heavy (non-hydrogen) atoms. The number of benzene rings is 1. The molecule has 0 aliphatic heterocycles. The number of rotatable bonds is 1. The average Bonchev–Trinajstić information content (AvgIpc) is 1.88. The predicted octanol–water partition coefficient (Wildman–Crippen LogP) is 1.29. The second-order valence-corrected chi connectivity index (χ2v) is 1.58. The molecule has 0 unspecified atom stereocenters. The molecule has 1 aromatic rings. The van der Waals surface area contributed by atoms with Gasteiger partial charge in [0, 0.05) is 6.07 Å². The van der Waals surface area contributed by atoms with Gasteiger partial charge in [-0.1, -0.05) is 6.07 Å². The minimum absolute atomic E-state index is 0.329. The summed E-state index contributed by atoms with van der Waals surface area (Å²) in [7, 11) is 4.75. The zero-order valence-corrected chi connectivity index (χ0v) is 4.67. The van der Waals surface area contributed by atoms with Gasteiger partial charge in [-0.25, -0.2) is 4.39 Å². The van der Waals surface area contributed by atoms with E-state index in [2.05, 4.69) is 4.65 Å².